The molecular weight excluding hydrogens is 334 g/mol. The van der Waals surface area contributed by atoms with Gasteiger partial charge in [-0.3, -0.25) is 14.4 Å². The number of carbonyl (C=O) groups is 1. The first-order valence-electron chi connectivity index (χ1n) is 8.65. The van der Waals surface area contributed by atoms with Crippen molar-refractivity contribution >= 4 is 32.6 Å². The molecule has 1 atom stereocenters. The molecule has 2 aromatic heterocycles. The molecule has 1 N–H and O–H groups in total. The largest absolute Gasteiger partial charge is 0.302 e. The van der Waals surface area contributed by atoms with Gasteiger partial charge in [-0.2, -0.15) is 5.10 Å². The summed E-state index contributed by atoms with van der Waals surface area (Å²) in [5, 5.41) is 7.91. The van der Waals surface area contributed by atoms with Gasteiger partial charge in [-0.25, -0.2) is 4.98 Å². The highest BCUT2D eigenvalue weighted by atomic mass is 32.1. The number of para-hydroxylation sites is 1. The van der Waals surface area contributed by atoms with Crippen LogP contribution in [0.1, 0.15) is 19.3 Å². The van der Waals surface area contributed by atoms with Crippen molar-refractivity contribution < 1.29 is 4.79 Å². The number of benzene rings is 1. The molecule has 6 nitrogen and oxygen atoms in total. The number of anilines is 1. The molecule has 1 fully saturated rings. The van der Waals surface area contributed by atoms with Crippen LogP contribution in [-0.4, -0.2) is 44.7 Å². The molecule has 25 heavy (non-hydrogen) atoms. The van der Waals surface area contributed by atoms with E-state index < -0.39 is 0 Å². The third-order valence-electron chi connectivity index (χ3n) is 4.62. The lowest BCUT2D eigenvalue weighted by atomic mass is 10.2. The van der Waals surface area contributed by atoms with Crippen LogP contribution < -0.4 is 5.32 Å². The molecule has 0 aliphatic carbocycles. The number of nitrogens with one attached hydrogen (secondary N) is 1. The molecule has 0 bridgehead atoms. The maximum atomic E-state index is 12.3. The Balaban J connectivity index is 1.30. The Morgan fingerprint density at radius 3 is 3.08 bits per heavy atom. The first-order valence-corrected chi connectivity index (χ1v) is 9.46. The third kappa shape index (κ3) is 3.88. The minimum Gasteiger partial charge on any atom is -0.302 e. The number of aromatic nitrogens is 3. The SMILES string of the molecule is O=C(CCN1CCC[C@@H]1Cn1cccn1)Nc1nc2ccccc2s1. The number of fused-ring (bicyclic) bond motifs is 1. The Morgan fingerprint density at radius 2 is 2.24 bits per heavy atom. The molecule has 0 radical (unpaired) electrons. The number of hydrogen-bond donors (Lipinski definition) is 1. The van der Waals surface area contributed by atoms with Crippen LogP contribution in [0.3, 0.4) is 0 Å². The molecule has 0 unspecified atom stereocenters. The number of hydrogen-bond acceptors (Lipinski definition) is 5. The zero-order valence-corrected chi connectivity index (χ0v) is 14.8. The quantitative estimate of drug-likeness (QED) is 0.738. The summed E-state index contributed by atoms with van der Waals surface area (Å²) in [7, 11) is 0. The van der Waals surface area contributed by atoms with Crippen molar-refractivity contribution in [3.8, 4) is 0 Å². The Bertz CT molecular complexity index is 811. The zero-order chi connectivity index (χ0) is 17.1. The molecule has 1 aliphatic rings. The molecule has 1 amide bonds. The monoisotopic (exact) mass is 355 g/mol. The van der Waals surface area contributed by atoms with Crippen LogP contribution in [0, 0.1) is 0 Å². The van der Waals surface area contributed by atoms with Gasteiger partial charge < -0.3 is 5.32 Å². The van der Waals surface area contributed by atoms with Gasteiger partial charge in [0.15, 0.2) is 5.13 Å². The summed E-state index contributed by atoms with van der Waals surface area (Å²) in [5.41, 5.74) is 0.932. The van der Waals surface area contributed by atoms with Crippen LogP contribution in [0.4, 0.5) is 5.13 Å². The lowest BCUT2D eigenvalue weighted by Crippen LogP contribution is -2.35. The van der Waals surface area contributed by atoms with E-state index in [2.05, 4.69) is 20.3 Å². The van der Waals surface area contributed by atoms with Crippen molar-refractivity contribution in [2.24, 2.45) is 0 Å². The molecule has 3 aromatic rings. The number of nitrogens with zero attached hydrogens (tertiary/aromatic N) is 4. The van der Waals surface area contributed by atoms with Crippen molar-refractivity contribution in [3.63, 3.8) is 0 Å². The Hall–Kier alpha value is -2.25. The van der Waals surface area contributed by atoms with E-state index >= 15 is 0 Å². The van der Waals surface area contributed by atoms with E-state index in [1.165, 1.54) is 24.2 Å². The van der Waals surface area contributed by atoms with E-state index in [9.17, 15) is 4.79 Å². The van der Waals surface area contributed by atoms with Crippen LogP contribution in [0.25, 0.3) is 10.2 Å². The summed E-state index contributed by atoms with van der Waals surface area (Å²) in [5.74, 6) is 0.0313. The fraction of sp³-hybridized carbons (Fsp3) is 0.389. The van der Waals surface area contributed by atoms with Crippen LogP contribution in [0.15, 0.2) is 42.7 Å². The second-order valence-corrected chi connectivity index (χ2v) is 7.38. The molecule has 1 aromatic carbocycles. The number of amides is 1. The van der Waals surface area contributed by atoms with Crippen molar-refractivity contribution in [1.82, 2.24) is 19.7 Å². The van der Waals surface area contributed by atoms with Gasteiger partial charge in [0, 0.05) is 31.4 Å². The average molecular weight is 355 g/mol. The average Bonchev–Trinajstić information content (AvgIpc) is 3.33. The summed E-state index contributed by atoms with van der Waals surface area (Å²) in [6.07, 6.45) is 6.65. The van der Waals surface area contributed by atoms with Gasteiger partial charge in [-0.05, 0) is 37.6 Å². The molecule has 0 spiro atoms. The second-order valence-electron chi connectivity index (χ2n) is 6.35. The van der Waals surface area contributed by atoms with Crippen LogP contribution in [0.2, 0.25) is 0 Å². The third-order valence-corrected chi connectivity index (χ3v) is 5.57. The number of thiazole rings is 1. The van der Waals surface area contributed by atoms with Crippen LogP contribution in [0.5, 0.6) is 0 Å². The topological polar surface area (TPSA) is 63.1 Å². The van der Waals surface area contributed by atoms with Gasteiger partial charge in [0.05, 0.1) is 16.8 Å². The molecule has 3 heterocycles. The van der Waals surface area contributed by atoms with Gasteiger partial charge in [0.25, 0.3) is 0 Å². The minimum atomic E-state index is 0.0313. The first-order chi connectivity index (χ1) is 12.3. The molecule has 4 rings (SSSR count). The molecule has 130 valence electrons. The van der Waals surface area contributed by atoms with Gasteiger partial charge in [0.2, 0.25) is 5.91 Å². The van der Waals surface area contributed by atoms with Gasteiger partial charge in [-0.15, -0.1) is 0 Å². The Labute approximate surface area is 150 Å². The Kier molecular flexibility index (Phi) is 4.76. The highest BCUT2D eigenvalue weighted by molar-refractivity contribution is 7.22. The molecule has 1 aliphatic heterocycles. The fourth-order valence-electron chi connectivity index (χ4n) is 3.37. The fourth-order valence-corrected chi connectivity index (χ4v) is 4.26. The van der Waals surface area contributed by atoms with E-state index in [1.807, 2.05) is 47.4 Å². The van der Waals surface area contributed by atoms with E-state index in [-0.39, 0.29) is 5.91 Å². The number of likely N-dealkylation sites (tertiary alicyclic amines) is 1. The van der Waals surface area contributed by atoms with Crippen molar-refractivity contribution in [3.05, 3.63) is 42.7 Å². The molecule has 1 saturated heterocycles. The molecular formula is C18H21N5OS. The summed E-state index contributed by atoms with van der Waals surface area (Å²) in [6, 6.07) is 10.3. The second kappa shape index (κ2) is 7.33. The van der Waals surface area contributed by atoms with E-state index in [1.54, 1.807) is 0 Å². The highest BCUT2D eigenvalue weighted by Crippen LogP contribution is 2.25. The van der Waals surface area contributed by atoms with Crippen molar-refractivity contribution in [2.45, 2.75) is 31.8 Å². The van der Waals surface area contributed by atoms with Crippen LogP contribution >= 0.6 is 11.3 Å². The normalized spacial score (nSPS) is 18.0. The maximum Gasteiger partial charge on any atom is 0.227 e. The van der Waals surface area contributed by atoms with E-state index in [4.69, 9.17) is 0 Å². The zero-order valence-electron chi connectivity index (χ0n) is 14.0. The highest BCUT2D eigenvalue weighted by Gasteiger charge is 2.25. The summed E-state index contributed by atoms with van der Waals surface area (Å²) < 4.78 is 3.07. The molecule has 0 saturated carbocycles. The predicted molar refractivity (Wildman–Crippen MR) is 99.7 cm³/mol. The van der Waals surface area contributed by atoms with E-state index in [0.717, 1.165) is 29.9 Å². The lowest BCUT2D eigenvalue weighted by molar-refractivity contribution is -0.116. The maximum absolute atomic E-state index is 12.3. The van der Waals surface area contributed by atoms with Crippen molar-refractivity contribution in [1.29, 1.82) is 0 Å². The summed E-state index contributed by atoms with van der Waals surface area (Å²) in [6.45, 7) is 2.73. The van der Waals surface area contributed by atoms with Gasteiger partial charge in [-0.1, -0.05) is 23.5 Å². The van der Waals surface area contributed by atoms with Crippen LogP contribution in [-0.2, 0) is 11.3 Å². The van der Waals surface area contributed by atoms with Gasteiger partial charge >= 0.3 is 0 Å². The lowest BCUT2D eigenvalue weighted by Gasteiger charge is -2.24. The molecule has 7 heteroatoms. The minimum absolute atomic E-state index is 0.0313. The number of rotatable bonds is 6. The Morgan fingerprint density at radius 1 is 1.32 bits per heavy atom. The summed E-state index contributed by atoms with van der Waals surface area (Å²) >= 11 is 1.52. The smallest absolute Gasteiger partial charge is 0.227 e. The van der Waals surface area contributed by atoms with Crippen molar-refractivity contribution in [2.75, 3.05) is 18.4 Å². The van der Waals surface area contributed by atoms with Gasteiger partial charge in [0.1, 0.15) is 0 Å². The number of carbonyl (C=O) groups excluding carboxylic acids is 1. The first kappa shape index (κ1) is 16.2. The predicted octanol–water partition coefficient (Wildman–Crippen LogP) is 2.99. The van der Waals surface area contributed by atoms with E-state index in [0.29, 0.717) is 17.6 Å². The summed E-state index contributed by atoms with van der Waals surface area (Å²) in [4.78, 5) is 19.1. The standard InChI is InChI=1S/C18H21N5OS/c24-17(21-18-20-15-6-1-2-7-16(15)25-18)8-12-22-10-3-5-14(22)13-23-11-4-9-19-23/h1-2,4,6-7,9,11,14H,3,5,8,10,12-13H2,(H,20,21,24)/t14-/m1/s1.